The van der Waals surface area contributed by atoms with Crippen LogP contribution >= 0.6 is 35.6 Å². The number of methoxy groups -OCH3 is 1. The first-order chi connectivity index (χ1) is 15.4. The second kappa shape index (κ2) is 9.41. The van der Waals surface area contributed by atoms with Crippen LogP contribution < -0.4 is 10.2 Å². The summed E-state index contributed by atoms with van der Waals surface area (Å²) >= 11 is 12.3. The second-order valence-corrected chi connectivity index (χ2v) is 9.07. The minimum Gasteiger partial charge on any atom is -0.383 e. The SMILES string of the molecule is COCCN1C(=O)/C(=C2\C(=O)N(CC(=O)Nc3ccc(Cl)cc3)c3ccccc32)SC1=S. The second-order valence-electron chi connectivity index (χ2n) is 6.99. The monoisotopic (exact) mass is 487 g/mol. The molecule has 0 unspecified atom stereocenters. The average Bonchev–Trinajstić information content (AvgIpc) is 3.20. The van der Waals surface area contributed by atoms with Gasteiger partial charge in [0, 0.05) is 23.4 Å². The minimum absolute atomic E-state index is 0.202. The van der Waals surface area contributed by atoms with E-state index in [9.17, 15) is 14.4 Å². The molecule has 2 aromatic carbocycles. The summed E-state index contributed by atoms with van der Waals surface area (Å²) in [4.78, 5) is 42.1. The Morgan fingerprint density at radius 1 is 1.09 bits per heavy atom. The molecule has 10 heteroatoms. The van der Waals surface area contributed by atoms with Gasteiger partial charge in [-0.2, -0.15) is 0 Å². The number of halogens is 1. The van der Waals surface area contributed by atoms with Crippen LogP contribution in [0.4, 0.5) is 11.4 Å². The molecule has 0 radical (unpaired) electrons. The molecular formula is C22H18ClN3O4S2. The summed E-state index contributed by atoms with van der Waals surface area (Å²) in [6.45, 7) is 0.434. The number of rotatable bonds is 6. The van der Waals surface area contributed by atoms with Crippen LogP contribution in [0.15, 0.2) is 53.4 Å². The lowest BCUT2D eigenvalue weighted by Crippen LogP contribution is -2.35. The molecule has 0 bridgehead atoms. The van der Waals surface area contributed by atoms with E-state index in [4.69, 9.17) is 28.6 Å². The molecule has 0 spiro atoms. The van der Waals surface area contributed by atoms with Crippen LogP contribution in [-0.4, -0.2) is 53.7 Å². The number of thioether (sulfide) groups is 1. The van der Waals surface area contributed by atoms with Gasteiger partial charge in [0.15, 0.2) is 0 Å². The molecule has 0 aromatic heterocycles. The fourth-order valence-corrected chi connectivity index (χ4v) is 4.96. The standard InChI is InChI=1S/C22H18ClN3O4S2/c1-30-11-10-25-21(29)19(32-22(25)31)18-15-4-2-3-5-16(15)26(20(18)28)12-17(27)24-14-8-6-13(23)7-9-14/h2-9H,10-12H2,1H3,(H,24,27)/b19-18+. The molecule has 2 aliphatic rings. The lowest BCUT2D eigenvalue weighted by molar-refractivity contribution is -0.122. The number of fused-ring (bicyclic) bond motifs is 1. The molecule has 164 valence electrons. The molecule has 1 N–H and O–H groups in total. The summed E-state index contributed by atoms with van der Waals surface area (Å²) < 4.78 is 5.42. The lowest BCUT2D eigenvalue weighted by atomic mass is 10.1. The molecule has 0 atom stereocenters. The van der Waals surface area contributed by atoms with Crippen LogP contribution in [0, 0.1) is 0 Å². The minimum atomic E-state index is -0.412. The summed E-state index contributed by atoms with van der Waals surface area (Å²) in [6, 6.07) is 13.8. The maximum absolute atomic E-state index is 13.4. The zero-order valence-corrected chi connectivity index (χ0v) is 19.4. The van der Waals surface area contributed by atoms with Gasteiger partial charge in [0.2, 0.25) is 5.91 Å². The molecule has 2 heterocycles. The van der Waals surface area contributed by atoms with Crippen molar-refractivity contribution in [2.24, 2.45) is 0 Å². The summed E-state index contributed by atoms with van der Waals surface area (Å²) in [5.41, 5.74) is 2.00. The van der Waals surface area contributed by atoms with Crippen molar-refractivity contribution in [3.05, 3.63) is 64.0 Å². The topological polar surface area (TPSA) is 79.0 Å². The summed E-state index contributed by atoms with van der Waals surface area (Å²) in [7, 11) is 1.54. The summed E-state index contributed by atoms with van der Waals surface area (Å²) in [6.07, 6.45) is 0. The smallest absolute Gasteiger partial charge is 0.267 e. The van der Waals surface area contributed by atoms with Crippen molar-refractivity contribution in [3.63, 3.8) is 0 Å². The molecule has 32 heavy (non-hydrogen) atoms. The van der Waals surface area contributed by atoms with Crippen molar-refractivity contribution >= 4 is 74.6 Å². The third kappa shape index (κ3) is 4.29. The first kappa shape index (κ1) is 22.5. The Bertz CT molecular complexity index is 1150. The number of benzene rings is 2. The van der Waals surface area contributed by atoms with Crippen LogP contribution in [-0.2, 0) is 19.1 Å². The van der Waals surface area contributed by atoms with E-state index in [0.717, 1.165) is 11.8 Å². The maximum atomic E-state index is 13.4. The quantitative estimate of drug-likeness (QED) is 0.496. The zero-order chi connectivity index (χ0) is 22.8. The first-order valence-electron chi connectivity index (χ1n) is 9.64. The van der Waals surface area contributed by atoms with E-state index in [-0.39, 0.29) is 28.8 Å². The van der Waals surface area contributed by atoms with Gasteiger partial charge in [0.05, 0.1) is 29.3 Å². The van der Waals surface area contributed by atoms with Crippen LogP contribution in [0.1, 0.15) is 5.56 Å². The van der Waals surface area contributed by atoms with Gasteiger partial charge in [0.25, 0.3) is 11.8 Å². The van der Waals surface area contributed by atoms with Gasteiger partial charge in [0.1, 0.15) is 10.9 Å². The van der Waals surface area contributed by atoms with Crippen molar-refractivity contribution in [1.82, 2.24) is 4.90 Å². The van der Waals surface area contributed by atoms with Crippen LogP contribution in [0.25, 0.3) is 5.57 Å². The number of hydrogen-bond donors (Lipinski definition) is 1. The van der Waals surface area contributed by atoms with E-state index >= 15 is 0 Å². The predicted octanol–water partition coefficient (Wildman–Crippen LogP) is 3.54. The van der Waals surface area contributed by atoms with Crippen molar-refractivity contribution in [1.29, 1.82) is 0 Å². The number of ether oxygens (including phenoxy) is 1. The van der Waals surface area contributed by atoms with E-state index in [1.54, 1.807) is 55.6 Å². The Balaban J connectivity index is 1.62. The molecule has 2 aliphatic heterocycles. The molecule has 3 amide bonds. The summed E-state index contributed by atoms with van der Waals surface area (Å²) in [5, 5.41) is 3.31. The van der Waals surface area contributed by atoms with Crippen molar-refractivity contribution in [2.75, 3.05) is 37.0 Å². The van der Waals surface area contributed by atoms with E-state index in [1.165, 1.54) is 9.80 Å². The highest BCUT2D eigenvalue weighted by atomic mass is 35.5. The highest BCUT2D eigenvalue weighted by Gasteiger charge is 2.42. The van der Waals surface area contributed by atoms with Gasteiger partial charge in [-0.25, -0.2) is 0 Å². The van der Waals surface area contributed by atoms with Gasteiger partial charge in [-0.15, -0.1) is 0 Å². The highest BCUT2D eigenvalue weighted by Crippen LogP contribution is 2.44. The van der Waals surface area contributed by atoms with Gasteiger partial charge in [-0.1, -0.05) is 53.8 Å². The molecule has 1 fully saturated rings. The predicted molar refractivity (Wildman–Crippen MR) is 130 cm³/mol. The number of nitrogens with zero attached hydrogens (tertiary/aromatic N) is 2. The third-order valence-corrected chi connectivity index (χ3v) is 6.65. The maximum Gasteiger partial charge on any atom is 0.267 e. The van der Waals surface area contributed by atoms with Crippen LogP contribution in [0.5, 0.6) is 0 Å². The van der Waals surface area contributed by atoms with Gasteiger partial charge < -0.3 is 10.1 Å². The van der Waals surface area contributed by atoms with E-state index in [0.29, 0.717) is 39.4 Å². The van der Waals surface area contributed by atoms with E-state index in [2.05, 4.69) is 5.32 Å². The number of para-hydroxylation sites is 1. The Hall–Kier alpha value is -2.72. The third-order valence-electron chi connectivity index (χ3n) is 4.95. The lowest BCUT2D eigenvalue weighted by Gasteiger charge is -2.17. The average molecular weight is 488 g/mol. The molecule has 1 saturated heterocycles. The molecule has 7 nitrogen and oxygen atoms in total. The van der Waals surface area contributed by atoms with Crippen molar-refractivity contribution < 1.29 is 19.1 Å². The fourth-order valence-electron chi connectivity index (χ4n) is 3.46. The molecule has 0 saturated carbocycles. The fraction of sp³-hybridized carbons (Fsp3) is 0.182. The van der Waals surface area contributed by atoms with Crippen molar-refractivity contribution in [2.45, 2.75) is 0 Å². The number of anilines is 2. The Morgan fingerprint density at radius 2 is 1.81 bits per heavy atom. The van der Waals surface area contributed by atoms with Gasteiger partial charge in [-0.05, 0) is 30.3 Å². The Morgan fingerprint density at radius 3 is 2.53 bits per heavy atom. The van der Waals surface area contributed by atoms with E-state index < -0.39 is 5.91 Å². The van der Waals surface area contributed by atoms with E-state index in [1.807, 2.05) is 0 Å². The normalized spacial score (nSPS) is 17.9. The van der Waals surface area contributed by atoms with Crippen molar-refractivity contribution in [3.8, 4) is 0 Å². The van der Waals surface area contributed by atoms with Gasteiger partial charge in [-0.3, -0.25) is 24.2 Å². The van der Waals surface area contributed by atoms with Crippen LogP contribution in [0.2, 0.25) is 5.02 Å². The molecule has 0 aliphatic carbocycles. The van der Waals surface area contributed by atoms with Crippen LogP contribution in [0.3, 0.4) is 0 Å². The largest absolute Gasteiger partial charge is 0.383 e. The van der Waals surface area contributed by atoms with Gasteiger partial charge >= 0.3 is 0 Å². The number of nitrogens with one attached hydrogen (secondary N) is 1. The zero-order valence-electron chi connectivity index (χ0n) is 17.0. The number of carbonyl (C=O) groups is 3. The molecule has 2 aromatic rings. The highest BCUT2D eigenvalue weighted by molar-refractivity contribution is 8.26. The molecular weight excluding hydrogens is 470 g/mol. The summed E-state index contributed by atoms with van der Waals surface area (Å²) in [5.74, 6) is -1.11. The number of hydrogen-bond acceptors (Lipinski definition) is 6. The molecule has 4 rings (SSSR count). The number of amides is 3. The number of carbonyl (C=O) groups excluding carboxylic acids is 3. The Kier molecular flexibility index (Phi) is 6.61. The first-order valence-corrected chi connectivity index (χ1v) is 11.2. The number of thiocarbonyl (C=S) groups is 1. The Labute approximate surface area is 199 Å².